The molecular formula is C23H19BrN2O2. The van der Waals surface area contributed by atoms with Crippen molar-refractivity contribution in [3.05, 3.63) is 93.1 Å². The van der Waals surface area contributed by atoms with Crippen molar-refractivity contribution in [3.63, 3.8) is 0 Å². The molecule has 0 bridgehead atoms. The molecule has 1 amide bonds. The van der Waals surface area contributed by atoms with Crippen LogP contribution in [0.5, 0.6) is 0 Å². The second-order valence-electron chi connectivity index (χ2n) is 6.79. The molecular weight excluding hydrogens is 416 g/mol. The molecule has 0 saturated heterocycles. The van der Waals surface area contributed by atoms with Crippen molar-refractivity contribution in [2.24, 2.45) is 0 Å². The zero-order valence-corrected chi connectivity index (χ0v) is 16.9. The van der Waals surface area contributed by atoms with Crippen LogP contribution in [-0.4, -0.2) is 10.5 Å². The Morgan fingerprint density at radius 2 is 1.46 bits per heavy atom. The third-order valence-corrected chi connectivity index (χ3v) is 5.46. The zero-order valence-electron chi connectivity index (χ0n) is 15.4. The minimum absolute atomic E-state index is 0.00825. The van der Waals surface area contributed by atoms with Crippen molar-refractivity contribution < 1.29 is 4.79 Å². The quantitative estimate of drug-likeness (QED) is 0.469. The lowest BCUT2D eigenvalue weighted by Gasteiger charge is -2.18. The molecule has 0 aliphatic heterocycles. The van der Waals surface area contributed by atoms with E-state index in [9.17, 15) is 9.59 Å². The molecule has 0 fully saturated rings. The monoisotopic (exact) mass is 434 g/mol. The second-order valence-corrected chi connectivity index (χ2v) is 7.71. The van der Waals surface area contributed by atoms with Gasteiger partial charge >= 0.3 is 0 Å². The fourth-order valence-electron chi connectivity index (χ4n) is 3.51. The number of rotatable bonds is 4. The molecule has 28 heavy (non-hydrogen) atoms. The summed E-state index contributed by atoms with van der Waals surface area (Å²) in [5.74, 6) is -0.102. The van der Waals surface area contributed by atoms with Gasteiger partial charge in [-0.15, -0.1) is 0 Å². The summed E-state index contributed by atoms with van der Waals surface area (Å²) in [6, 6.07) is 22.6. The number of aromatic nitrogens is 1. The summed E-state index contributed by atoms with van der Waals surface area (Å²) >= 11 is 3.43. The maximum absolute atomic E-state index is 12.8. The van der Waals surface area contributed by atoms with E-state index in [1.165, 1.54) is 0 Å². The highest BCUT2D eigenvalue weighted by Gasteiger charge is 2.14. The molecule has 4 rings (SSSR count). The van der Waals surface area contributed by atoms with E-state index < -0.39 is 0 Å². The Balaban J connectivity index is 1.70. The molecule has 1 N–H and O–H groups in total. The van der Waals surface area contributed by atoms with Crippen LogP contribution >= 0.6 is 15.9 Å². The van der Waals surface area contributed by atoms with E-state index in [1.807, 2.05) is 84.3 Å². The highest BCUT2D eigenvalue weighted by atomic mass is 79.9. The van der Waals surface area contributed by atoms with Gasteiger partial charge in [0.25, 0.3) is 0 Å². The van der Waals surface area contributed by atoms with Gasteiger partial charge in [-0.25, -0.2) is 0 Å². The van der Waals surface area contributed by atoms with Crippen molar-refractivity contribution in [2.75, 3.05) is 0 Å². The largest absolute Gasteiger partial charge is 0.348 e. The molecule has 0 radical (unpaired) electrons. The van der Waals surface area contributed by atoms with Gasteiger partial charge in [-0.2, -0.15) is 0 Å². The molecule has 0 aliphatic rings. The highest BCUT2D eigenvalue weighted by Crippen LogP contribution is 2.20. The number of hydrogen-bond donors (Lipinski definition) is 1. The average Bonchev–Trinajstić information content (AvgIpc) is 2.71. The maximum atomic E-state index is 12.8. The van der Waals surface area contributed by atoms with Crippen LogP contribution in [0.15, 0.2) is 82.1 Å². The molecule has 3 aromatic carbocycles. The number of benzene rings is 3. The summed E-state index contributed by atoms with van der Waals surface area (Å²) in [7, 11) is 0. The molecule has 1 aromatic heterocycles. The third kappa shape index (κ3) is 3.45. The first-order chi connectivity index (χ1) is 13.5. The van der Waals surface area contributed by atoms with Gasteiger partial charge in [0.2, 0.25) is 5.91 Å². The van der Waals surface area contributed by atoms with Gasteiger partial charge in [0.15, 0.2) is 5.43 Å². The summed E-state index contributed by atoms with van der Waals surface area (Å²) in [5, 5.41) is 4.30. The first kappa shape index (κ1) is 18.4. The Morgan fingerprint density at radius 1 is 0.929 bits per heavy atom. The van der Waals surface area contributed by atoms with E-state index in [0.29, 0.717) is 10.8 Å². The molecule has 1 unspecified atom stereocenters. The smallest absolute Gasteiger partial charge is 0.240 e. The van der Waals surface area contributed by atoms with Crippen molar-refractivity contribution in [1.29, 1.82) is 0 Å². The Labute approximate surface area is 170 Å². The SMILES string of the molecule is CC(NC(=O)Cn1c2ccccc2c(=O)c2ccccc21)c1ccc(Br)cc1. The van der Waals surface area contributed by atoms with E-state index >= 15 is 0 Å². The number of hydrogen-bond acceptors (Lipinski definition) is 2. The third-order valence-electron chi connectivity index (χ3n) is 4.93. The van der Waals surface area contributed by atoms with E-state index in [-0.39, 0.29) is 23.9 Å². The summed E-state index contributed by atoms with van der Waals surface area (Å²) < 4.78 is 2.91. The minimum atomic E-state index is -0.113. The van der Waals surface area contributed by atoms with Gasteiger partial charge in [0.05, 0.1) is 17.1 Å². The lowest BCUT2D eigenvalue weighted by atomic mass is 10.1. The number of halogens is 1. The van der Waals surface area contributed by atoms with Crippen molar-refractivity contribution in [3.8, 4) is 0 Å². The molecule has 4 aromatic rings. The lowest BCUT2D eigenvalue weighted by molar-refractivity contribution is -0.122. The predicted molar refractivity (Wildman–Crippen MR) is 116 cm³/mol. The Morgan fingerprint density at radius 3 is 2.04 bits per heavy atom. The lowest BCUT2D eigenvalue weighted by Crippen LogP contribution is -2.30. The number of nitrogens with one attached hydrogen (secondary N) is 1. The molecule has 1 atom stereocenters. The Bertz CT molecular complexity index is 1170. The minimum Gasteiger partial charge on any atom is -0.348 e. The number of pyridine rings is 1. The number of amides is 1. The van der Waals surface area contributed by atoms with E-state index in [4.69, 9.17) is 0 Å². The van der Waals surface area contributed by atoms with E-state index in [2.05, 4.69) is 21.2 Å². The molecule has 1 heterocycles. The van der Waals surface area contributed by atoms with Crippen LogP contribution < -0.4 is 10.7 Å². The number of para-hydroxylation sites is 2. The van der Waals surface area contributed by atoms with Crippen LogP contribution in [0.25, 0.3) is 21.8 Å². The Hall–Kier alpha value is -2.92. The number of carbonyl (C=O) groups is 1. The average molecular weight is 435 g/mol. The summed E-state index contributed by atoms with van der Waals surface area (Å²) in [4.78, 5) is 25.6. The fraction of sp³-hybridized carbons (Fsp3) is 0.130. The highest BCUT2D eigenvalue weighted by molar-refractivity contribution is 9.10. The normalized spacial score (nSPS) is 12.2. The van der Waals surface area contributed by atoms with Crippen LogP contribution in [0.1, 0.15) is 18.5 Å². The van der Waals surface area contributed by atoms with Gasteiger partial charge in [-0.05, 0) is 48.9 Å². The van der Waals surface area contributed by atoms with Crippen molar-refractivity contribution in [2.45, 2.75) is 19.5 Å². The number of nitrogens with zero attached hydrogens (tertiary/aromatic N) is 1. The maximum Gasteiger partial charge on any atom is 0.240 e. The van der Waals surface area contributed by atoms with Crippen LogP contribution in [0.3, 0.4) is 0 Å². The fourth-order valence-corrected chi connectivity index (χ4v) is 3.78. The van der Waals surface area contributed by atoms with Crippen molar-refractivity contribution in [1.82, 2.24) is 9.88 Å². The van der Waals surface area contributed by atoms with Gasteiger partial charge < -0.3 is 9.88 Å². The van der Waals surface area contributed by atoms with Gasteiger partial charge in [-0.3, -0.25) is 9.59 Å². The number of fused-ring (bicyclic) bond motifs is 2. The van der Waals surface area contributed by atoms with Crippen LogP contribution in [0.4, 0.5) is 0 Å². The molecule has 0 aliphatic carbocycles. The molecule has 140 valence electrons. The van der Waals surface area contributed by atoms with E-state index in [0.717, 1.165) is 21.1 Å². The zero-order chi connectivity index (χ0) is 19.7. The number of carbonyl (C=O) groups excluding carboxylic acids is 1. The molecule has 0 spiro atoms. The van der Waals surface area contributed by atoms with Crippen LogP contribution in [0.2, 0.25) is 0 Å². The van der Waals surface area contributed by atoms with Crippen molar-refractivity contribution >= 4 is 43.6 Å². The Kier molecular flexibility index (Phi) is 5.01. The van der Waals surface area contributed by atoms with Gasteiger partial charge in [-0.1, -0.05) is 52.3 Å². The van der Waals surface area contributed by atoms with E-state index in [1.54, 1.807) is 0 Å². The second kappa shape index (κ2) is 7.60. The summed E-state index contributed by atoms with van der Waals surface area (Å²) in [6.07, 6.45) is 0. The first-order valence-corrected chi connectivity index (χ1v) is 9.89. The van der Waals surface area contributed by atoms with Gasteiger partial charge in [0, 0.05) is 15.2 Å². The first-order valence-electron chi connectivity index (χ1n) is 9.09. The molecule has 5 heteroatoms. The predicted octanol–water partition coefficient (Wildman–Crippen LogP) is 4.79. The van der Waals surface area contributed by atoms with Gasteiger partial charge in [0.1, 0.15) is 6.54 Å². The van der Waals surface area contributed by atoms with Crippen LogP contribution in [0, 0.1) is 0 Å². The van der Waals surface area contributed by atoms with Crippen LogP contribution in [-0.2, 0) is 11.3 Å². The summed E-state index contributed by atoms with van der Waals surface area (Å²) in [5.41, 5.74) is 2.55. The molecule has 0 saturated carbocycles. The standard InChI is InChI=1S/C23H19BrN2O2/c1-15(16-10-12-17(24)13-11-16)25-22(27)14-26-20-8-4-2-6-18(20)23(28)19-7-3-5-9-21(19)26/h2-13,15H,14H2,1H3,(H,25,27). The molecule has 4 nitrogen and oxygen atoms in total. The topological polar surface area (TPSA) is 51.1 Å². The summed E-state index contributed by atoms with van der Waals surface area (Å²) in [6.45, 7) is 2.10.